The third-order valence-electron chi connectivity index (χ3n) is 3.60. The number of ether oxygens (including phenoxy) is 1. The van der Waals surface area contributed by atoms with Crippen LogP contribution in [0.3, 0.4) is 0 Å². The second kappa shape index (κ2) is 6.41. The standard InChI is InChI=1S/C15H19NO4/c1-2-20-11-8-6-10(7-9-11)16-14(17)12-4-3-5-13(12)15(18)19/h6-9,12-13H,2-5H2,1H3,(H,16,17)(H,18,19)/t12-,13+/m1/s1. The summed E-state index contributed by atoms with van der Waals surface area (Å²) in [5.41, 5.74) is 0.662. The molecule has 2 atom stereocenters. The number of hydrogen-bond donors (Lipinski definition) is 2. The molecule has 2 rings (SSSR count). The van der Waals surface area contributed by atoms with E-state index in [0.29, 0.717) is 25.1 Å². The van der Waals surface area contributed by atoms with Crippen molar-refractivity contribution in [1.82, 2.24) is 0 Å². The predicted octanol–water partition coefficient (Wildman–Crippen LogP) is 2.52. The highest BCUT2D eigenvalue weighted by atomic mass is 16.5. The molecule has 5 nitrogen and oxygen atoms in total. The van der Waals surface area contributed by atoms with Gasteiger partial charge in [0.2, 0.25) is 5.91 Å². The number of benzene rings is 1. The van der Waals surface area contributed by atoms with Crippen molar-refractivity contribution in [3.63, 3.8) is 0 Å². The van der Waals surface area contributed by atoms with Crippen LogP contribution >= 0.6 is 0 Å². The van der Waals surface area contributed by atoms with Crippen molar-refractivity contribution < 1.29 is 19.4 Å². The van der Waals surface area contributed by atoms with Crippen LogP contribution < -0.4 is 10.1 Å². The highest BCUT2D eigenvalue weighted by Crippen LogP contribution is 2.33. The van der Waals surface area contributed by atoms with Crippen LogP contribution in [-0.4, -0.2) is 23.6 Å². The van der Waals surface area contributed by atoms with Crippen molar-refractivity contribution in [3.05, 3.63) is 24.3 Å². The molecule has 0 bridgehead atoms. The number of hydrogen-bond acceptors (Lipinski definition) is 3. The Labute approximate surface area is 117 Å². The maximum Gasteiger partial charge on any atom is 0.307 e. The second-order valence-electron chi connectivity index (χ2n) is 4.93. The average Bonchev–Trinajstić information content (AvgIpc) is 2.91. The van der Waals surface area contributed by atoms with Crippen molar-refractivity contribution in [3.8, 4) is 5.75 Å². The molecule has 1 fully saturated rings. The van der Waals surface area contributed by atoms with Crippen LogP contribution in [0.2, 0.25) is 0 Å². The molecule has 1 aromatic rings. The third-order valence-corrected chi connectivity index (χ3v) is 3.60. The molecule has 0 unspecified atom stereocenters. The van der Waals surface area contributed by atoms with Gasteiger partial charge in [0, 0.05) is 5.69 Å². The molecule has 0 saturated heterocycles. The monoisotopic (exact) mass is 277 g/mol. The summed E-state index contributed by atoms with van der Waals surface area (Å²) >= 11 is 0. The lowest BCUT2D eigenvalue weighted by Crippen LogP contribution is -2.29. The van der Waals surface area contributed by atoms with E-state index in [1.54, 1.807) is 24.3 Å². The summed E-state index contributed by atoms with van der Waals surface area (Å²) in [7, 11) is 0. The normalized spacial score (nSPS) is 21.4. The van der Waals surface area contributed by atoms with Crippen LogP contribution in [0, 0.1) is 11.8 Å². The number of amides is 1. The minimum absolute atomic E-state index is 0.209. The van der Waals surface area contributed by atoms with Gasteiger partial charge >= 0.3 is 5.97 Å². The molecule has 1 aliphatic carbocycles. The summed E-state index contributed by atoms with van der Waals surface area (Å²) in [5, 5.41) is 11.9. The lowest BCUT2D eigenvalue weighted by molar-refractivity contribution is -0.145. The molecule has 5 heteroatoms. The highest BCUT2D eigenvalue weighted by Gasteiger charge is 2.37. The number of anilines is 1. The van der Waals surface area contributed by atoms with Gasteiger partial charge in [-0.1, -0.05) is 6.42 Å². The smallest absolute Gasteiger partial charge is 0.307 e. The lowest BCUT2D eigenvalue weighted by Gasteiger charge is -2.15. The third kappa shape index (κ3) is 3.29. The Hall–Kier alpha value is -2.04. The predicted molar refractivity (Wildman–Crippen MR) is 74.7 cm³/mol. The van der Waals surface area contributed by atoms with Gasteiger partial charge in [0.15, 0.2) is 0 Å². The number of aliphatic carboxylic acids is 1. The average molecular weight is 277 g/mol. The summed E-state index contributed by atoms with van der Waals surface area (Å²) in [6, 6.07) is 7.08. The number of carbonyl (C=O) groups is 2. The minimum Gasteiger partial charge on any atom is -0.494 e. The summed E-state index contributed by atoms with van der Waals surface area (Å²) in [4.78, 5) is 23.2. The topological polar surface area (TPSA) is 75.6 Å². The summed E-state index contributed by atoms with van der Waals surface area (Å²) < 4.78 is 5.32. The lowest BCUT2D eigenvalue weighted by atomic mass is 9.95. The first kappa shape index (κ1) is 14.4. The van der Waals surface area contributed by atoms with E-state index < -0.39 is 17.8 Å². The molecule has 20 heavy (non-hydrogen) atoms. The first-order chi connectivity index (χ1) is 9.61. The van der Waals surface area contributed by atoms with Crippen molar-refractivity contribution in [1.29, 1.82) is 0 Å². The molecular formula is C15H19NO4. The van der Waals surface area contributed by atoms with Crippen molar-refractivity contribution in [2.75, 3.05) is 11.9 Å². The quantitative estimate of drug-likeness (QED) is 0.867. The van der Waals surface area contributed by atoms with E-state index in [4.69, 9.17) is 9.84 Å². The van der Waals surface area contributed by atoms with Gasteiger partial charge in [0.1, 0.15) is 5.75 Å². The molecule has 1 aliphatic rings. The number of nitrogens with one attached hydrogen (secondary N) is 1. The van der Waals surface area contributed by atoms with Crippen LogP contribution in [0.15, 0.2) is 24.3 Å². The Morgan fingerprint density at radius 3 is 2.50 bits per heavy atom. The molecule has 1 aromatic carbocycles. The molecule has 0 spiro atoms. The molecule has 108 valence electrons. The Morgan fingerprint density at radius 1 is 1.25 bits per heavy atom. The van der Waals surface area contributed by atoms with E-state index in [2.05, 4.69) is 5.32 Å². The van der Waals surface area contributed by atoms with Gasteiger partial charge in [0.25, 0.3) is 0 Å². The molecule has 0 heterocycles. The van der Waals surface area contributed by atoms with E-state index >= 15 is 0 Å². The van der Waals surface area contributed by atoms with Gasteiger partial charge < -0.3 is 15.2 Å². The number of carbonyl (C=O) groups excluding carboxylic acids is 1. The van der Waals surface area contributed by atoms with Gasteiger partial charge in [-0.25, -0.2) is 0 Å². The minimum atomic E-state index is -0.880. The number of rotatable bonds is 5. The first-order valence-electron chi connectivity index (χ1n) is 6.88. The Morgan fingerprint density at radius 2 is 1.90 bits per heavy atom. The van der Waals surface area contributed by atoms with E-state index in [1.807, 2.05) is 6.92 Å². The van der Waals surface area contributed by atoms with Crippen molar-refractivity contribution in [2.45, 2.75) is 26.2 Å². The maximum absolute atomic E-state index is 12.1. The molecule has 0 aliphatic heterocycles. The number of carboxylic acid groups (broad SMARTS) is 1. The van der Waals surface area contributed by atoms with E-state index in [0.717, 1.165) is 12.2 Å². The highest BCUT2D eigenvalue weighted by molar-refractivity contribution is 5.95. The van der Waals surface area contributed by atoms with Gasteiger partial charge in [-0.15, -0.1) is 0 Å². The van der Waals surface area contributed by atoms with Crippen LogP contribution in [0.1, 0.15) is 26.2 Å². The SMILES string of the molecule is CCOc1ccc(NC(=O)[C@@H]2CCC[C@@H]2C(=O)O)cc1. The fraction of sp³-hybridized carbons (Fsp3) is 0.467. The molecule has 2 N–H and O–H groups in total. The largest absolute Gasteiger partial charge is 0.494 e. The van der Waals surface area contributed by atoms with Crippen molar-refractivity contribution >= 4 is 17.6 Å². The molecule has 1 saturated carbocycles. The van der Waals surface area contributed by atoms with E-state index in [1.165, 1.54) is 0 Å². The van der Waals surface area contributed by atoms with Crippen LogP contribution in [0.25, 0.3) is 0 Å². The summed E-state index contributed by atoms with van der Waals surface area (Å²) in [6.45, 7) is 2.50. The number of carboxylic acids is 1. The zero-order valence-electron chi connectivity index (χ0n) is 11.5. The fourth-order valence-corrected chi connectivity index (χ4v) is 2.61. The second-order valence-corrected chi connectivity index (χ2v) is 4.93. The van der Waals surface area contributed by atoms with Gasteiger partial charge in [0.05, 0.1) is 18.4 Å². The summed E-state index contributed by atoms with van der Waals surface area (Å²) in [6.07, 6.45) is 2.01. The van der Waals surface area contributed by atoms with E-state index in [9.17, 15) is 9.59 Å². The Balaban J connectivity index is 1.98. The van der Waals surface area contributed by atoms with Gasteiger partial charge in [-0.3, -0.25) is 9.59 Å². The Kier molecular flexibility index (Phi) is 4.61. The zero-order valence-corrected chi connectivity index (χ0v) is 11.5. The molecular weight excluding hydrogens is 258 g/mol. The van der Waals surface area contributed by atoms with E-state index in [-0.39, 0.29) is 5.91 Å². The van der Waals surface area contributed by atoms with Crippen LogP contribution in [0.4, 0.5) is 5.69 Å². The fourth-order valence-electron chi connectivity index (χ4n) is 2.61. The zero-order chi connectivity index (χ0) is 14.5. The maximum atomic E-state index is 12.1. The molecule has 1 amide bonds. The van der Waals surface area contributed by atoms with Crippen molar-refractivity contribution in [2.24, 2.45) is 11.8 Å². The first-order valence-corrected chi connectivity index (χ1v) is 6.88. The molecule has 0 aromatic heterocycles. The Bertz CT molecular complexity index is 483. The molecule has 0 radical (unpaired) electrons. The van der Waals surface area contributed by atoms with Crippen LogP contribution in [0.5, 0.6) is 5.75 Å². The van der Waals surface area contributed by atoms with Crippen LogP contribution in [-0.2, 0) is 9.59 Å². The van der Waals surface area contributed by atoms with Gasteiger partial charge in [-0.05, 0) is 44.0 Å². The van der Waals surface area contributed by atoms with Gasteiger partial charge in [-0.2, -0.15) is 0 Å². The summed E-state index contributed by atoms with van der Waals surface area (Å²) in [5.74, 6) is -1.33.